The van der Waals surface area contributed by atoms with Crippen molar-refractivity contribution in [2.45, 2.75) is 31.9 Å². The molecule has 1 aromatic rings. The zero-order chi connectivity index (χ0) is 15.1. The van der Waals surface area contributed by atoms with Gasteiger partial charge in [-0.3, -0.25) is 9.69 Å². The molecule has 1 atom stereocenters. The average Bonchev–Trinajstić information content (AvgIpc) is 2.99. The highest BCUT2D eigenvalue weighted by atomic mass is 79.9. The molecule has 0 radical (unpaired) electrons. The molecule has 21 heavy (non-hydrogen) atoms. The number of benzene rings is 1. The van der Waals surface area contributed by atoms with Gasteiger partial charge < -0.3 is 9.47 Å². The molecule has 1 aliphatic heterocycles. The molecule has 1 aromatic carbocycles. The minimum absolute atomic E-state index is 0.167. The van der Waals surface area contributed by atoms with E-state index in [-0.39, 0.29) is 12.1 Å². The first-order valence-electron chi connectivity index (χ1n) is 7.33. The van der Waals surface area contributed by atoms with Gasteiger partial charge in [0.05, 0.1) is 19.6 Å². The molecular weight excluding hydrogens is 334 g/mol. The van der Waals surface area contributed by atoms with Crippen molar-refractivity contribution < 1.29 is 14.3 Å². The molecule has 116 valence electrons. The van der Waals surface area contributed by atoms with E-state index in [1.54, 1.807) is 0 Å². The summed E-state index contributed by atoms with van der Waals surface area (Å²) in [7, 11) is 1.43. The van der Waals surface area contributed by atoms with Gasteiger partial charge in [0.25, 0.3) is 0 Å². The number of rotatable bonds is 7. The van der Waals surface area contributed by atoms with Crippen LogP contribution < -0.4 is 0 Å². The Hall–Kier alpha value is -0.910. The van der Waals surface area contributed by atoms with Crippen molar-refractivity contribution in [2.24, 2.45) is 0 Å². The van der Waals surface area contributed by atoms with Crippen molar-refractivity contribution in [2.75, 3.05) is 26.8 Å². The fourth-order valence-electron chi connectivity index (χ4n) is 2.53. The average molecular weight is 356 g/mol. The van der Waals surface area contributed by atoms with Crippen molar-refractivity contribution >= 4 is 21.9 Å². The first-order chi connectivity index (χ1) is 10.2. The van der Waals surface area contributed by atoms with Crippen molar-refractivity contribution in [1.82, 2.24) is 4.90 Å². The maximum Gasteiger partial charge on any atom is 0.306 e. The van der Waals surface area contributed by atoms with E-state index >= 15 is 0 Å². The maximum atomic E-state index is 11.4. The second kappa shape index (κ2) is 8.51. The topological polar surface area (TPSA) is 38.8 Å². The molecule has 1 heterocycles. The van der Waals surface area contributed by atoms with Crippen LogP contribution in [0.3, 0.4) is 0 Å². The molecule has 5 heteroatoms. The maximum absolute atomic E-state index is 11.4. The molecule has 1 aliphatic rings. The predicted molar refractivity (Wildman–Crippen MR) is 85.0 cm³/mol. The van der Waals surface area contributed by atoms with Gasteiger partial charge in [0.1, 0.15) is 0 Å². The molecule has 0 aromatic heterocycles. The summed E-state index contributed by atoms with van der Waals surface area (Å²) in [6.45, 7) is 3.20. The molecule has 1 fully saturated rings. The van der Waals surface area contributed by atoms with Crippen LogP contribution in [0.5, 0.6) is 0 Å². The number of hydrogen-bond acceptors (Lipinski definition) is 4. The van der Waals surface area contributed by atoms with Crippen molar-refractivity contribution in [3.05, 3.63) is 34.3 Å². The van der Waals surface area contributed by atoms with Gasteiger partial charge in [-0.25, -0.2) is 0 Å². The molecule has 0 N–H and O–H groups in total. The molecule has 2 rings (SSSR count). The quantitative estimate of drug-likeness (QED) is 0.704. The number of carbonyl (C=O) groups is 1. The minimum atomic E-state index is -0.167. The SMILES string of the molecule is COC(=O)CCN(Cc1ccccc1Br)CC1CCCO1. The van der Waals surface area contributed by atoms with Gasteiger partial charge in [-0.1, -0.05) is 34.1 Å². The summed E-state index contributed by atoms with van der Waals surface area (Å²) >= 11 is 3.58. The molecule has 0 saturated carbocycles. The monoisotopic (exact) mass is 355 g/mol. The second-order valence-electron chi connectivity index (χ2n) is 5.29. The minimum Gasteiger partial charge on any atom is -0.469 e. The molecule has 1 saturated heterocycles. The Labute approximate surface area is 134 Å². The first kappa shape index (κ1) is 16.5. The summed E-state index contributed by atoms with van der Waals surface area (Å²) in [5, 5.41) is 0. The lowest BCUT2D eigenvalue weighted by Gasteiger charge is -2.25. The smallest absolute Gasteiger partial charge is 0.306 e. The van der Waals surface area contributed by atoms with E-state index in [1.165, 1.54) is 12.7 Å². The fourth-order valence-corrected chi connectivity index (χ4v) is 2.94. The molecule has 1 unspecified atom stereocenters. The number of esters is 1. The third-order valence-corrected chi connectivity index (χ3v) is 4.47. The number of nitrogens with zero attached hydrogens (tertiary/aromatic N) is 1. The number of ether oxygens (including phenoxy) is 2. The van der Waals surface area contributed by atoms with E-state index in [9.17, 15) is 4.79 Å². The van der Waals surface area contributed by atoms with Crippen LogP contribution in [-0.2, 0) is 20.8 Å². The van der Waals surface area contributed by atoms with Crippen LogP contribution in [0.2, 0.25) is 0 Å². The second-order valence-corrected chi connectivity index (χ2v) is 6.14. The molecular formula is C16H22BrNO3. The molecule has 0 aliphatic carbocycles. The van der Waals surface area contributed by atoms with E-state index in [1.807, 2.05) is 18.2 Å². The Balaban J connectivity index is 1.96. The van der Waals surface area contributed by atoms with Crippen LogP contribution in [0, 0.1) is 0 Å². The Kier molecular flexibility index (Phi) is 6.67. The Morgan fingerprint density at radius 1 is 1.48 bits per heavy atom. The predicted octanol–water partition coefficient (Wildman–Crippen LogP) is 2.99. The Morgan fingerprint density at radius 2 is 2.29 bits per heavy atom. The van der Waals surface area contributed by atoms with E-state index in [0.29, 0.717) is 13.0 Å². The lowest BCUT2D eigenvalue weighted by atomic mass is 10.1. The lowest BCUT2D eigenvalue weighted by molar-refractivity contribution is -0.141. The van der Waals surface area contributed by atoms with Crippen molar-refractivity contribution in [1.29, 1.82) is 0 Å². The van der Waals surface area contributed by atoms with Crippen LogP contribution in [0.15, 0.2) is 28.7 Å². The molecule has 0 amide bonds. The van der Waals surface area contributed by atoms with Gasteiger partial charge >= 0.3 is 5.97 Å². The zero-order valence-corrected chi connectivity index (χ0v) is 14.0. The van der Waals surface area contributed by atoms with Crippen LogP contribution in [0.1, 0.15) is 24.8 Å². The summed E-state index contributed by atoms with van der Waals surface area (Å²) in [6, 6.07) is 8.18. The normalized spacial score (nSPS) is 18.1. The zero-order valence-electron chi connectivity index (χ0n) is 12.4. The first-order valence-corrected chi connectivity index (χ1v) is 8.12. The van der Waals surface area contributed by atoms with E-state index in [4.69, 9.17) is 9.47 Å². The van der Waals surface area contributed by atoms with E-state index in [2.05, 4.69) is 26.9 Å². The number of halogens is 1. The van der Waals surface area contributed by atoms with E-state index in [0.717, 1.165) is 37.0 Å². The van der Waals surface area contributed by atoms with Gasteiger partial charge in [-0.05, 0) is 24.5 Å². The van der Waals surface area contributed by atoms with Gasteiger partial charge in [0, 0.05) is 30.7 Å². The summed E-state index contributed by atoms with van der Waals surface area (Å²) in [4.78, 5) is 13.7. The number of hydrogen-bond donors (Lipinski definition) is 0. The largest absolute Gasteiger partial charge is 0.469 e. The third kappa shape index (κ3) is 5.41. The fraction of sp³-hybridized carbons (Fsp3) is 0.562. The third-order valence-electron chi connectivity index (χ3n) is 3.70. The molecule has 4 nitrogen and oxygen atoms in total. The van der Waals surface area contributed by atoms with Crippen LogP contribution >= 0.6 is 15.9 Å². The van der Waals surface area contributed by atoms with Gasteiger partial charge in [0.2, 0.25) is 0 Å². The van der Waals surface area contributed by atoms with Gasteiger partial charge in [0.15, 0.2) is 0 Å². The molecule has 0 spiro atoms. The van der Waals surface area contributed by atoms with Crippen LogP contribution in [-0.4, -0.2) is 43.8 Å². The van der Waals surface area contributed by atoms with Crippen LogP contribution in [0.4, 0.5) is 0 Å². The molecule has 0 bridgehead atoms. The standard InChI is InChI=1S/C16H22BrNO3/c1-20-16(19)8-9-18(12-14-6-4-10-21-14)11-13-5-2-3-7-15(13)17/h2-3,5,7,14H,4,6,8-12H2,1H3. The summed E-state index contributed by atoms with van der Waals surface area (Å²) < 4.78 is 11.6. The van der Waals surface area contributed by atoms with E-state index < -0.39 is 0 Å². The summed E-state index contributed by atoms with van der Waals surface area (Å²) in [5.41, 5.74) is 1.22. The highest BCUT2D eigenvalue weighted by Crippen LogP contribution is 2.20. The van der Waals surface area contributed by atoms with Crippen LogP contribution in [0.25, 0.3) is 0 Å². The van der Waals surface area contributed by atoms with Crippen molar-refractivity contribution in [3.8, 4) is 0 Å². The highest BCUT2D eigenvalue weighted by molar-refractivity contribution is 9.10. The van der Waals surface area contributed by atoms with Gasteiger partial charge in [-0.2, -0.15) is 0 Å². The lowest BCUT2D eigenvalue weighted by Crippen LogP contribution is -2.33. The Morgan fingerprint density at radius 3 is 2.95 bits per heavy atom. The summed E-state index contributed by atoms with van der Waals surface area (Å²) in [5.74, 6) is -0.167. The summed E-state index contributed by atoms with van der Waals surface area (Å²) in [6.07, 6.45) is 2.92. The number of methoxy groups -OCH3 is 1. The van der Waals surface area contributed by atoms with Gasteiger partial charge in [-0.15, -0.1) is 0 Å². The van der Waals surface area contributed by atoms with Crippen molar-refractivity contribution in [3.63, 3.8) is 0 Å². The number of carbonyl (C=O) groups excluding carboxylic acids is 1. The highest BCUT2D eigenvalue weighted by Gasteiger charge is 2.20. The Bertz CT molecular complexity index is 461.